The molecule has 0 spiro atoms. The van der Waals surface area contributed by atoms with Crippen molar-refractivity contribution in [1.29, 1.82) is 0 Å². The Morgan fingerprint density at radius 1 is 0.228 bits per heavy atom. The fourth-order valence-corrected chi connectivity index (χ4v) is 4.64. The summed E-state index contributed by atoms with van der Waals surface area (Å²) in [4.78, 5) is 0. The highest BCUT2D eigenvalue weighted by atomic mass is 32.2. The lowest BCUT2D eigenvalue weighted by Crippen LogP contribution is -2.74. The molecule has 0 aromatic rings. The zero-order valence-electron chi connectivity index (χ0n) is 24.9. The second-order valence-electron chi connectivity index (χ2n) is 10.5. The van der Waals surface area contributed by atoms with Gasteiger partial charge in [0, 0.05) is 48.4 Å². The molecule has 0 rings (SSSR count). The molecule has 1 nitrogen and oxygen atoms in total. The summed E-state index contributed by atoms with van der Waals surface area (Å²) >= 11 is -2.23. The van der Waals surface area contributed by atoms with E-state index in [1.807, 2.05) is 0 Å². The molecule has 0 radical (unpaired) electrons. The van der Waals surface area contributed by atoms with Crippen LogP contribution in [0.2, 0.25) is 0 Å². The molecule has 0 heterocycles. The van der Waals surface area contributed by atoms with Crippen LogP contribution in [0.15, 0.2) is 0 Å². The van der Waals surface area contributed by atoms with Crippen molar-refractivity contribution in [3.8, 4) is 0 Å². The van der Waals surface area contributed by atoms with Gasteiger partial charge in [-0.3, -0.25) is 0 Å². The van der Waals surface area contributed by atoms with Gasteiger partial charge in [-0.2, -0.15) is 149 Å². The Bertz CT molecular complexity index is 1270. The highest BCUT2D eigenvalue weighted by molar-refractivity contribution is 8.07. The van der Waals surface area contributed by atoms with E-state index in [1.54, 1.807) is 0 Å². The van der Waals surface area contributed by atoms with Gasteiger partial charge in [0.1, 0.15) is 0 Å². The van der Waals surface area contributed by atoms with Gasteiger partial charge < -0.3 is 0 Å². The molecule has 0 bridgehead atoms. The summed E-state index contributed by atoms with van der Waals surface area (Å²) in [7, 11) is 0. The fraction of sp³-hybridized carbons (Fsp3) is 1.00. The number of halogens is 34. The van der Waals surface area contributed by atoms with E-state index >= 15 is 0 Å². The summed E-state index contributed by atoms with van der Waals surface area (Å²) in [6.45, 7) is 0. The van der Waals surface area contributed by atoms with Gasteiger partial charge in [0.05, 0.1) is 0 Å². The van der Waals surface area contributed by atoms with Crippen molar-refractivity contribution in [3.05, 3.63) is 0 Å². The predicted molar refractivity (Wildman–Crippen MR) is 117 cm³/mol. The average Bonchev–Trinajstić information content (AvgIpc) is 2.98. The zero-order valence-corrected chi connectivity index (χ0v) is 26.5. The number of rotatable bonds is 20. The largest absolute Gasteiger partial charge is 0.460 e. The van der Waals surface area contributed by atoms with Crippen LogP contribution in [0.5, 0.6) is 0 Å². The number of hydrogen-bond donors (Lipinski definition) is 0. The third-order valence-corrected chi connectivity index (χ3v) is 8.18. The predicted octanol–water partition coefficient (Wildman–Crippen LogP) is 13.1. The van der Waals surface area contributed by atoms with Gasteiger partial charge in [0.2, 0.25) is 0 Å². The van der Waals surface area contributed by atoms with Crippen LogP contribution < -0.4 is 0 Å². The van der Waals surface area contributed by atoms with Gasteiger partial charge in [-0.25, -0.2) is 3.63 Å². The summed E-state index contributed by atoms with van der Waals surface area (Å²) in [6.07, 6.45) is -22.6. The van der Waals surface area contributed by atoms with Crippen molar-refractivity contribution in [3.63, 3.8) is 0 Å². The SMILES string of the molecule is FC(F)(F)C(F)(F)C(F)(F)C(F)(F)C(F)(F)C(F)(F)C(F)(F)C(F)(F)CCSOSCCC(F)(F)C(F)(F)C(F)(F)C(F)(F)C(F)(F)C(F)(F)C(F)(F)C(F)(F)F. The minimum atomic E-state index is -8.98. The smallest absolute Gasteiger partial charge is 0.247 e. The molecule has 0 aliphatic carbocycles. The molecule has 0 N–H and O–H groups in total. The van der Waals surface area contributed by atoms with Gasteiger partial charge in [-0.05, 0) is 0 Å². The summed E-state index contributed by atoms with van der Waals surface area (Å²) in [5.74, 6) is -123. The van der Waals surface area contributed by atoms with Gasteiger partial charge in [-0.1, -0.05) is 0 Å². The van der Waals surface area contributed by atoms with E-state index in [4.69, 9.17) is 0 Å². The summed E-state index contributed by atoms with van der Waals surface area (Å²) in [6, 6.07) is 0. The van der Waals surface area contributed by atoms with Gasteiger partial charge in [-0.15, -0.1) is 0 Å². The first kappa shape index (κ1) is 55.3. The Balaban J connectivity index is 5.96. The first-order valence-corrected chi connectivity index (χ1v) is 14.4. The van der Waals surface area contributed by atoms with Crippen molar-refractivity contribution >= 4 is 24.1 Å². The Kier molecular flexibility index (Phi) is 14.6. The molecule has 57 heavy (non-hydrogen) atoms. The third-order valence-electron chi connectivity index (χ3n) is 6.67. The highest BCUT2D eigenvalue weighted by Gasteiger charge is 2.96. The fourth-order valence-electron chi connectivity index (χ4n) is 3.15. The lowest BCUT2D eigenvalue weighted by atomic mass is 9.88. The first-order chi connectivity index (χ1) is 24.2. The molecular formula is C20H8F34OS2. The number of alkyl halides is 34. The van der Waals surface area contributed by atoms with Crippen LogP contribution in [0.3, 0.4) is 0 Å². The van der Waals surface area contributed by atoms with Gasteiger partial charge in [0.25, 0.3) is 0 Å². The molecular weight excluding hydrogens is 966 g/mol. The molecule has 344 valence electrons. The molecule has 0 saturated heterocycles. The second-order valence-corrected chi connectivity index (χ2v) is 12.3. The highest BCUT2D eigenvalue weighted by Crippen LogP contribution is 2.66. The van der Waals surface area contributed by atoms with E-state index in [2.05, 4.69) is 3.63 Å². The molecule has 0 fully saturated rings. The van der Waals surface area contributed by atoms with Crippen molar-refractivity contribution in [2.75, 3.05) is 11.5 Å². The Morgan fingerprint density at radius 3 is 0.561 bits per heavy atom. The maximum Gasteiger partial charge on any atom is 0.460 e. The summed E-state index contributed by atoms with van der Waals surface area (Å²) in [5, 5.41) is 0. The molecule has 0 aromatic carbocycles. The zero-order chi connectivity index (χ0) is 46.9. The van der Waals surface area contributed by atoms with Crippen LogP contribution in [0.4, 0.5) is 149 Å². The monoisotopic (exact) mass is 974 g/mol. The minimum Gasteiger partial charge on any atom is -0.247 e. The Morgan fingerprint density at radius 2 is 0.386 bits per heavy atom. The molecule has 37 heteroatoms. The van der Waals surface area contributed by atoms with Crippen LogP contribution >= 0.6 is 24.1 Å². The molecule has 0 unspecified atom stereocenters. The van der Waals surface area contributed by atoms with Crippen LogP contribution in [-0.4, -0.2) is 107 Å². The molecule has 0 aliphatic heterocycles. The maximum atomic E-state index is 13.8. The van der Waals surface area contributed by atoms with E-state index in [-0.39, 0.29) is 0 Å². The molecule has 0 aromatic heterocycles. The van der Waals surface area contributed by atoms with Gasteiger partial charge in [0.15, 0.2) is 0 Å². The van der Waals surface area contributed by atoms with Crippen molar-refractivity contribution in [1.82, 2.24) is 0 Å². The summed E-state index contributed by atoms with van der Waals surface area (Å²) < 4.78 is 453. The van der Waals surface area contributed by atoms with Crippen molar-refractivity contribution < 1.29 is 153 Å². The number of hydrogen-bond acceptors (Lipinski definition) is 3. The Labute approximate surface area is 297 Å². The Hall–Kier alpha value is -1.72. The lowest BCUT2D eigenvalue weighted by Gasteiger charge is -2.42. The minimum absolute atomic E-state index is 1.11. The molecule has 0 aliphatic rings. The second kappa shape index (κ2) is 15.0. The first-order valence-electron chi connectivity index (χ1n) is 12.5. The van der Waals surface area contributed by atoms with Crippen LogP contribution in [0.25, 0.3) is 0 Å². The van der Waals surface area contributed by atoms with E-state index in [0.29, 0.717) is 0 Å². The lowest BCUT2D eigenvalue weighted by molar-refractivity contribution is -0.461. The van der Waals surface area contributed by atoms with E-state index < -0.39 is 144 Å². The van der Waals surface area contributed by atoms with E-state index in [9.17, 15) is 149 Å². The third kappa shape index (κ3) is 7.99. The average molecular weight is 974 g/mol. The van der Waals surface area contributed by atoms with Crippen molar-refractivity contribution in [2.45, 2.75) is 108 Å². The quantitative estimate of drug-likeness (QED) is 0.0684. The standard InChI is InChI=1S/C20H8F34OS2/c21-5(22,7(25,26)9(29,30)11(33,34)13(37,38)15(41,42)17(45,46)19(49,50)51)1-3-56-55-57-4-2-6(23,24)8(27,28)10(31,32)12(35,36)14(39,40)16(43,44)18(47,48)20(52,53)54/h1-4H2. The molecule has 0 atom stereocenters. The van der Waals surface area contributed by atoms with E-state index in [1.165, 1.54) is 0 Å². The van der Waals surface area contributed by atoms with E-state index in [0.717, 1.165) is 0 Å². The molecule has 0 saturated carbocycles. The van der Waals surface area contributed by atoms with Crippen LogP contribution in [0.1, 0.15) is 12.8 Å². The molecule has 0 amide bonds. The summed E-state index contributed by atoms with van der Waals surface area (Å²) in [5.41, 5.74) is 0. The maximum absolute atomic E-state index is 13.8. The van der Waals surface area contributed by atoms with Gasteiger partial charge >= 0.3 is 95.3 Å². The van der Waals surface area contributed by atoms with Crippen LogP contribution in [0, 0.1) is 0 Å². The van der Waals surface area contributed by atoms with Crippen molar-refractivity contribution in [2.24, 2.45) is 0 Å². The topological polar surface area (TPSA) is 9.23 Å². The normalized spacial score (nSPS) is 16.7. The van der Waals surface area contributed by atoms with Crippen LogP contribution in [-0.2, 0) is 3.63 Å².